The Hall–Kier alpha value is -3.89. The highest BCUT2D eigenvalue weighted by Gasteiger charge is 2.46. The molecular formula is C28H34N6O5. The zero-order valence-electron chi connectivity index (χ0n) is 22.8. The van der Waals surface area contributed by atoms with Crippen molar-refractivity contribution in [3.8, 4) is 0 Å². The molecule has 1 N–H and O–H groups in total. The molecule has 11 nitrogen and oxygen atoms in total. The number of amides is 3. The Balaban J connectivity index is 1.30. The third-order valence-corrected chi connectivity index (χ3v) is 8.29. The third-order valence-electron chi connectivity index (χ3n) is 8.29. The Morgan fingerprint density at radius 1 is 0.821 bits per heavy atom. The van der Waals surface area contributed by atoms with Crippen molar-refractivity contribution in [1.29, 1.82) is 0 Å². The van der Waals surface area contributed by atoms with E-state index in [1.807, 2.05) is 27.7 Å². The maximum Gasteiger partial charge on any atom is 0.416 e. The first-order valence-electron chi connectivity index (χ1n) is 13.5. The van der Waals surface area contributed by atoms with Crippen LogP contribution in [0.15, 0.2) is 30.3 Å². The summed E-state index contributed by atoms with van der Waals surface area (Å²) < 4.78 is 10.5. The predicted molar refractivity (Wildman–Crippen MR) is 145 cm³/mol. The molecule has 4 aliphatic rings. The summed E-state index contributed by atoms with van der Waals surface area (Å²) in [6, 6.07) is 8.52. The van der Waals surface area contributed by atoms with Crippen LogP contribution in [0.3, 0.4) is 0 Å². The normalized spacial score (nSPS) is 22.6. The van der Waals surface area contributed by atoms with Crippen LogP contribution in [0.4, 0.5) is 32.9 Å². The van der Waals surface area contributed by atoms with Crippen molar-refractivity contribution in [2.24, 2.45) is 5.41 Å². The standard InChI is InChI=1S/C28H34N6O5/c1-26(2)16-38-24(36)33(26)20-7-5-6-19(29-20)30-23(35)18-8-9-21(34-25(37)39-17-27(34,3)4)31-22(18)32-14-12-28(10-11-28)13-15-32/h5-9H,10-17H2,1-4H3,(H,29,30,35). The Kier molecular flexibility index (Phi) is 5.74. The van der Waals surface area contributed by atoms with Gasteiger partial charge in [0.05, 0.1) is 16.6 Å². The SMILES string of the molecule is CC1(C)COC(=O)N1c1cccc(NC(=O)c2ccc(N3C(=O)OCC3(C)C)nc2N2CCC3(CC2)CC3)n1. The van der Waals surface area contributed by atoms with Crippen LogP contribution in [0.25, 0.3) is 0 Å². The molecule has 0 radical (unpaired) electrons. The van der Waals surface area contributed by atoms with Gasteiger partial charge in [0.15, 0.2) is 0 Å². The molecule has 11 heteroatoms. The van der Waals surface area contributed by atoms with Gasteiger partial charge in [-0.25, -0.2) is 19.6 Å². The van der Waals surface area contributed by atoms with E-state index in [0.29, 0.717) is 34.2 Å². The van der Waals surface area contributed by atoms with Crippen molar-refractivity contribution in [3.63, 3.8) is 0 Å². The van der Waals surface area contributed by atoms with Crippen LogP contribution < -0.4 is 20.0 Å². The van der Waals surface area contributed by atoms with Gasteiger partial charge in [-0.3, -0.25) is 14.6 Å². The molecule has 0 aromatic carbocycles. The number of anilines is 4. The van der Waals surface area contributed by atoms with Crippen LogP contribution in [0, 0.1) is 5.41 Å². The summed E-state index contributed by atoms with van der Waals surface area (Å²) in [5.41, 5.74) is -0.271. The Bertz CT molecular complexity index is 1340. The summed E-state index contributed by atoms with van der Waals surface area (Å²) in [7, 11) is 0. The van der Waals surface area contributed by atoms with E-state index in [0.717, 1.165) is 25.9 Å². The van der Waals surface area contributed by atoms with Gasteiger partial charge >= 0.3 is 12.2 Å². The number of rotatable bonds is 5. The molecule has 0 atom stereocenters. The van der Waals surface area contributed by atoms with E-state index in [9.17, 15) is 14.4 Å². The molecule has 39 heavy (non-hydrogen) atoms. The number of ether oxygens (including phenoxy) is 2. The first-order valence-corrected chi connectivity index (χ1v) is 13.5. The van der Waals surface area contributed by atoms with E-state index < -0.39 is 23.3 Å². The van der Waals surface area contributed by atoms with Crippen molar-refractivity contribution in [1.82, 2.24) is 9.97 Å². The van der Waals surface area contributed by atoms with E-state index in [1.165, 1.54) is 17.7 Å². The largest absolute Gasteiger partial charge is 0.447 e. The molecule has 206 valence electrons. The summed E-state index contributed by atoms with van der Waals surface area (Å²) in [5, 5.41) is 2.89. The summed E-state index contributed by atoms with van der Waals surface area (Å²) in [5.74, 6) is 1.33. The van der Waals surface area contributed by atoms with Gasteiger partial charge in [-0.05, 0) is 83.1 Å². The fourth-order valence-corrected chi connectivity index (χ4v) is 5.69. The van der Waals surface area contributed by atoms with E-state index >= 15 is 0 Å². The number of piperidine rings is 1. The Labute approximate surface area is 227 Å². The van der Waals surface area contributed by atoms with Crippen LogP contribution in [0.5, 0.6) is 0 Å². The molecule has 0 unspecified atom stereocenters. The second-order valence-corrected chi connectivity index (χ2v) is 12.3. The van der Waals surface area contributed by atoms with Crippen LogP contribution in [-0.4, -0.2) is 65.4 Å². The highest BCUT2D eigenvalue weighted by atomic mass is 16.6. The molecule has 2 aromatic heterocycles. The van der Waals surface area contributed by atoms with E-state index in [1.54, 1.807) is 35.2 Å². The summed E-state index contributed by atoms with van der Waals surface area (Å²) in [6.45, 7) is 9.75. The number of nitrogens with one attached hydrogen (secondary N) is 1. The second-order valence-electron chi connectivity index (χ2n) is 12.3. The monoisotopic (exact) mass is 534 g/mol. The molecule has 6 rings (SSSR count). The third kappa shape index (κ3) is 4.53. The molecular weight excluding hydrogens is 500 g/mol. The Morgan fingerprint density at radius 2 is 1.41 bits per heavy atom. The quantitative estimate of drug-likeness (QED) is 0.593. The molecule has 3 saturated heterocycles. The van der Waals surface area contributed by atoms with Crippen LogP contribution >= 0.6 is 0 Å². The van der Waals surface area contributed by atoms with E-state index in [2.05, 4.69) is 15.2 Å². The van der Waals surface area contributed by atoms with E-state index in [-0.39, 0.29) is 19.1 Å². The van der Waals surface area contributed by atoms with Gasteiger partial charge in [0.1, 0.15) is 36.5 Å². The topological polar surface area (TPSA) is 117 Å². The lowest BCUT2D eigenvalue weighted by Gasteiger charge is -2.35. The van der Waals surface area contributed by atoms with Crippen LogP contribution in [0.1, 0.15) is 63.7 Å². The van der Waals surface area contributed by atoms with Gasteiger partial charge in [0.25, 0.3) is 5.91 Å². The number of hydrogen-bond donors (Lipinski definition) is 1. The smallest absolute Gasteiger partial charge is 0.416 e. The van der Waals surface area contributed by atoms with Crippen molar-refractivity contribution in [2.75, 3.05) is 46.3 Å². The average Bonchev–Trinajstić information content (AvgIpc) is 3.50. The Morgan fingerprint density at radius 3 is 1.95 bits per heavy atom. The van der Waals surface area contributed by atoms with Crippen LogP contribution in [0.2, 0.25) is 0 Å². The number of nitrogens with zero attached hydrogens (tertiary/aromatic N) is 5. The van der Waals surface area contributed by atoms with Crippen molar-refractivity contribution < 1.29 is 23.9 Å². The predicted octanol–water partition coefficient (Wildman–Crippen LogP) is 4.58. The lowest BCUT2D eigenvalue weighted by Crippen LogP contribution is -2.43. The second kappa shape index (κ2) is 8.82. The summed E-state index contributed by atoms with van der Waals surface area (Å²) >= 11 is 0. The molecule has 1 saturated carbocycles. The van der Waals surface area contributed by atoms with Crippen molar-refractivity contribution >= 4 is 41.4 Å². The number of carbonyl (C=O) groups is 3. The molecule has 1 aliphatic carbocycles. The molecule has 4 fully saturated rings. The fourth-order valence-electron chi connectivity index (χ4n) is 5.69. The number of cyclic esters (lactones) is 2. The van der Waals surface area contributed by atoms with Gasteiger partial charge in [-0.15, -0.1) is 0 Å². The first-order chi connectivity index (χ1) is 18.5. The highest BCUT2D eigenvalue weighted by molar-refractivity contribution is 6.08. The van der Waals surface area contributed by atoms with Gasteiger partial charge in [0, 0.05) is 13.1 Å². The summed E-state index contributed by atoms with van der Waals surface area (Å²) in [4.78, 5) is 53.1. The first kappa shape index (κ1) is 25.4. The molecule has 3 amide bonds. The zero-order chi connectivity index (χ0) is 27.6. The highest BCUT2D eigenvalue weighted by Crippen LogP contribution is 2.54. The van der Waals surface area contributed by atoms with Gasteiger partial charge < -0.3 is 19.7 Å². The minimum absolute atomic E-state index is 0.254. The van der Waals surface area contributed by atoms with Gasteiger partial charge in [-0.2, -0.15) is 0 Å². The van der Waals surface area contributed by atoms with Crippen LogP contribution in [-0.2, 0) is 9.47 Å². The molecule has 3 aliphatic heterocycles. The lowest BCUT2D eigenvalue weighted by molar-refractivity contribution is 0.102. The number of aromatic nitrogens is 2. The van der Waals surface area contributed by atoms with Crippen molar-refractivity contribution in [3.05, 3.63) is 35.9 Å². The minimum atomic E-state index is -0.558. The van der Waals surface area contributed by atoms with E-state index in [4.69, 9.17) is 14.5 Å². The molecule has 5 heterocycles. The number of pyridine rings is 2. The van der Waals surface area contributed by atoms with Crippen molar-refractivity contribution in [2.45, 2.75) is 64.5 Å². The molecule has 2 aromatic rings. The van der Waals surface area contributed by atoms with Gasteiger partial charge in [-0.1, -0.05) is 6.07 Å². The number of carbonyl (C=O) groups excluding carboxylic acids is 3. The van der Waals surface area contributed by atoms with Gasteiger partial charge in [0.2, 0.25) is 0 Å². The zero-order valence-corrected chi connectivity index (χ0v) is 22.8. The molecule has 0 bridgehead atoms. The lowest BCUT2D eigenvalue weighted by atomic mass is 9.93. The minimum Gasteiger partial charge on any atom is -0.447 e. The molecule has 1 spiro atoms. The maximum atomic E-state index is 13.6. The summed E-state index contributed by atoms with van der Waals surface area (Å²) in [6.07, 6.45) is 3.72. The number of hydrogen-bond acceptors (Lipinski definition) is 8. The fraction of sp³-hybridized carbons (Fsp3) is 0.536. The maximum absolute atomic E-state index is 13.6. The average molecular weight is 535 g/mol.